The van der Waals surface area contributed by atoms with E-state index in [0.717, 1.165) is 4.90 Å². The summed E-state index contributed by atoms with van der Waals surface area (Å²) in [5, 5.41) is 11.3. The SMILES string of the molecule is COCC(NC(=O)OC(C)(C)C)C(=O)OCCN(CC(=O)O)C(=O)OC(C)(C)C. The number of carboxylic acid groups (broad SMARTS) is 1. The first-order valence-electron chi connectivity index (χ1n) is 8.99. The zero-order valence-electron chi connectivity index (χ0n) is 18.1. The molecule has 11 nitrogen and oxygen atoms in total. The van der Waals surface area contributed by atoms with Gasteiger partial charge in [-0.1, -0.05) is 0 Å². The number of amides is 2. The van der Waals surface area contributed by atoms with Crippen LogP contribution < -0.4 is 5.32 Å². The van der Waals surface area contributed by atoms with Crippen LogP contribution in [0.5, 0.6) is 0 Å². The van der Waals surface area contributed by atoms with Gasteiger partial charge < -0.3 is 29.4 Å². The van der Waals surface area contributed by atoms with Crippen molar-refractivity contribution in [3.05, 3.63) is 0 Å². The molecule has 2 amide bonds. The predicted octanol–water partition coefficient (Wildman–Crippen LogP) is 1.39. The van der Waals surface area contributed by atoms with Crippen molar-refractivity contribution in [3.63, 3.8) is 0 Å². The molecular formula is C18H32N2O9. The summed E-state index contributed by atoms with van der Waals surface area (Å²) < 4.78 is 20.2. The third-order valence-corrected chi connectivity index (χ3v) is 2.89. The summed E-state index contributed by atoms with van der Waals surface area (Å²) >= 11 is 0. The topological polar surface area (TPSA) is 141 Å². The van der Waals surface area contributed by atoms with Crippen molar-refractivity contribution < 1.29 is 43.2 Å². The number of ether oxygens (including phenoxy) is 4. The number of methoxy groups -OCH3 is 1. The zero-order chi connectivity index (χ0) is 22.8. The van der Waals surface area contributed by atoms with Crippen LogP contribution in [0.15, 0.2) is 0 Å². The van der Waals surface area contributed by atoms with E-state index in [1.54, 1.807) is 41.5 Å². The van der Waals surface area contributed by atoms with Gasteiger partial charge in [-0.25, -0.2) is 14.4 Å². The molecule has 0 aromatic carbocycles. The van der Waals surface area contributed by atoms with E-state index >= 15 is 0 Å². The van der Waals surface area contributed by atoms with E-state index in [-0.39, 0.29) is 19.8 Å². The van der Waals surface area contributed by atoms with E-state index in [2.05, 4.69) is 5.32 Å². The maximum Gasteiger partial charge on any atom is 0.410 e. The molecule has 0 spiro atoms. The molecular weight excluding hydrogens is 388 g/mol. The van der Waals surface area contributed by atoms with Crippen LogP contribution in [0.4, 0.5) is 9.59 Å². The van der Waals surface area contributed by atoms with Crippen molar-refractivity contribution in [2.45, 2.75) is 58.8 Å². The number of carbonyl (C=O) groups is 4. The molecule has 2 N–H and O–H groups in total. The lowest BCUT2D eigenvalue weighted by atomic mass is 10.2. The highest BCUT2D eigenvalue weighted by Crippen LogP contribution is 2.10. The highest BCUT2D eigenvalue weighted by atomic mass is 16.6. The Balaban J connectivity index is 4.82. The van der Waals surface area contributed by atoms with Crippen LogP contribution in [0, 0.1) is 0 Å². The fourth-order valence-corrected chi connectivity index (χ4v) is 1.87. The second-order valence-corrected chi connectivity index (χ2v) is 8.12. The molecule has 0 aliphatic rings. The van der Waals surface area contributed by atoms with Crippen molar-refractivity contribution in [3.8, 4) is 0 Å². The fourth-order valence-electron chi connectivity index (χ4n) is 1.87. The summed E-state index contributed by atoms with van der Waals surface area (Å²) in [6.07, 6.45) is -1.67. The number of esters is 1. The van der Waals surface area contributed by atoms with Gasteiger partial charge in [0.2, 0.25) is 0 Å². The van der Waals surface area contributed by atoms with Gasteiger partial charge in [-0.05, 0) is 41.5 Å². The maximum atomic E-state index is 12.2. The zero-order valence-corrected chi connectivity index (χ0v) is 18.1. The smallest absolute Gasteiger partial charge is 0.410 e. The van der Waals surface area contributed by atoms with Gasteiger partial charge in [0.05, 0.1) is 13.2 Å². The van der Waals surface area contributed by atoms with Gasteiger partial charge in [-0.2, -0.15) is 0 Å². The molecule has 0 radical (unpaired) electrons. The van der Waals surface area contributed by atoms with E-state index < -0.39 is 47.9 Å². The van der Waals surface area contributed by atoms with Crippen LogP contribution in [0.3, 0.4) is 0 Å². The van der Waals surface area contributed by atoms with Crippen molar-refractivity contribution in [2.75, 3.05) is 33.4 Å². The number of carbonyl (C=O) groups excluding carboxylic acids is 3. The minimum atomic E-state index is -1.24. The minimum Gasteiger partial charge on any atom is -0.480 e. The fraction of sp³-hybridized carbons (Fsp3) is 0.778. The Morgan fingerprint density at radius 2 is 1.55 bits per heavy atom. The van der Waals surface area contributed by atoms with Gasteiger partial charge in [-0.3, -0.25) is 9.69 Å². The van der Waals surface area contributed by atoms with Gasteiger partial charge in [0, 0.05) is 7.11 Å². The quantitative estimate of drug-likeness (QED) is 0.418. The minimum absolute atomic E-state index is 0.164. The lowest BCUT2D eigenvalue weighted by Crippen LogP contribution is -2.47. The Morgan fingerprint density at radius 1 is 1.00 bits per heavy atom. The van der Waals surface area contributed by atoms with Crippen LogP contribution >= 0.6 is 0 Å². The van der Waals surface area contributed by atoms with Crippen LogP contribution in [0.2, 0.25) is 0 Å². The average Bonchev–Trinajstić information content (AvgIpc) is 2.49. The Morgan fingerprint density at radius 3 is 2.00 bits per heavy atom. The summed E-state index contributed by atoms with van der Waals surface area (Å²) in [7, 11) is 1.34. The molecule has 0 aliphatic carbocycles. The second-order valence-electron chi connectivity index (χ2n) is 8.12. The van der Waals surface area contributed by atoms with E-state index in [9.17, 15) is 19.2 Å². The highest BCUT2D eigenvalue weighted by molar-refractivity contribution is 5.81. The number of hydrogen-bond acceptors (Lipinski definition) is 8. The molecule has 1 unspecified atom stereocenters. The lowest BCUT2D eigenvalue weighted by molar-refractivity contribution is -0.148. The number of hydrogen-bond donors (Lipinski definition) is 2. The normalized spacial score (nSPS) is 12.5. The van der Waals surface area contributed by atoms with Crippen LogP contribution in [0.1, 0.15) is 41.5 Å². The monoisotopic (exact) mass is 420 g/mol. The number of aliphatic carboxylic acids is 1. The molecule has 1 atom stereocenters. The molecule has 0 aromatic heterocycles. The lowest BCUT2D eigenvalue weighted by Gasteiger charge is -2.26. The number of carboxylic acids is 1. The van der Waals surface area contributed by atoms with Crippen LogP contribution in [0.25, 0.3) is 0 Å². The van der Waals surface area contributed by atoms with Crippen molar-refractivity contribution in [2.24, 2.45) is 0 Å². The maximum absolute atomic E-state index is 12.2. The summed E-state index contributed by atoms with van der Waals surface area (Å²) in [6.45, 7) is 8.64. The second kappa shape index (κ2) is 11.4. The summed E-state index contributed by atoms with van der Waals surface area (Å²) in [5.74, 6) is -2.07. The molecule has 0 fully saturated rings. The van der Waals surface area contributed by atoms with E-state index in [1.165, 1.54) is 7.11 Å². The van der Waals surface area contributed by atoms with E-state index in [4.69, 9.17) is 24.1 Å². The van der Waals surface area contributed by atoms with Crippen molar-refractivity contribution in [1.29, 1.82) is 0 Å². The molecule has 29 heavy (non-hydrogen) atoms. The van der Waals surface area contributed by atoms with Crippen molar-refractivity contribution >= 4 is 24.1 Å². The number of alkyl carbamates (subject to hydrolysis) is 1. The molecule has 0 heterocycles. The molecule has 0 rings (SSSR count). The Hall–Kier alpha value is -2.56. The van der Waals surface area contributed by atoms with Gasteiger partial charge in [0.25, 0.3) is 0 Å². The van der Waals surface area contributed by atoms with E-state index in [0.29, 0.717) is 0 Å². The summed E-state index contributed by atoms with van der Waals surface area (Å²) in [4.78, 5) is 48.0. The predicted molar refractivity (Wildman–Crippen MR) is 101 cm³/mol. The summed E-state index contributed by atoms with van der Waals surface area (Å²) in [5.41, 5.74) is -1.57. The Bertz CT molecular complexity index is 579. The molecule has 0 saturated heterocycles. The molecule has 168 valence electrons. The van der Waals surface area contributed by atoms with Crippen molar-refractivity contribution in [1.82, 2.24) is 10.2 Å². The number of nitrogens with one attached hydrogen (secondary N) is 1. The first-order chi connectivity index (χ1) is 13.1. The molecule has 0 bridgehead atoms. The van der Waals surface area contributed by atoms with Gasteiger partial charge in [-0.15, -0.1) is 0 Å². The van der Waals surface area contributed by atoms with Gasteiger partial charge >= 0.3 is 24.1 Å². The first kappa shape index (κ1) is 26.4. The largest absolute Gasteiger partial charge is 0.480 e. The molecule has 0 saturated carbocycles. The molecule has 0 aromatic rings. The highest BCUT2D eigenvalue weighted by Gasteiger charge is 2.27. The van der Waals surface area contributed by atoms with Crippen LogP contribution in [-0.4, -0.2) is 84.8 Å². The average molecular weight is 420 g/mol. The Kier molecular flexibility index (Phi) is 10.4. The first-order valence-corrected chi connectivity index (χ1v) is 8.99. The van der Waals surface area contributed by atoms with Gasteiger partial charge in [0.15, 0.2) is 6.04 Å². The third-order valence-electron chi connectivity index (χ3n) is 2.89. The van der Waals surface area contributed by atoms with Crippen LogP contribution in [-0.2, 0) is 28.5 Å². The standard InChI is InChI=1S/C18H32N2O9/c1-17(2,3)28-15(24)19-12(11-26-7)14(23)27-9-8-20(10-13(21)22)16(25)29-18(4,5)6/h12H,8-11H2,1-7H3,(H,19,24)(H,21,22). The number of nitrogens with zero attached hydrogens (tertiary/aromatic N) is 1. The third kappa shape index (κ3) is 13.3. The summed E-state index contributed by atoms with van der Waals surface area (Å²) in [6, 6.07) is -1.13. The number of rotatable bonds is 9. The molecule has 11 heteroatoms. The van der Waals surface area contributed by atoms with E-state index in [1.807, 2.05) is 0 Å². The molecule has 0 aliphatic heterocycles. The Labute approximate surface area is 170 Å². The van der Waals surface area contributed by atoms with Gasteiger partial charge in [0.1, 0.15) is 24.4 Å².